The lowest BCUT2D eigenvalue weighted by Gasteiger charge is -2.35. The predicted molar refractivity (Wildman–Crippen MR) is 266 cm³/mol. The molecule has 13 rings (SSSR count). The van der Waals surface area contributed by atoms with Gasteiger partial charge in [0.15, 0.2) is 0 Å². The second-order valence-electron chi connectivity index (χ2n) is 18.0. The minimum absolute atomic E-state index is 0.199. The number of anilines is 3. The fraction of sp³-hybridized carbons (Fsp3) is 0.0645. The molecule has 11 aromatic rings. The van der Waals surface area contributed by atoms with Gasteiger partial charge in [-0.05, 0) is 114 Å². The van der Waals surface area contributed by atoms with Crippen molar-refractivity contribution in [3.05, 3.63) is 258 Å². The first-order valence-corrected chi connectivity index (χ1v) is 22.3. The molecule has 0 bridgehead atoms. The van der Waals surface area contributed by atoms with Crippen LogP contribution in [0.15, 0.2) is 229 Å². The Hall–Kier alpha value is -7.94. The summed E-state index contributed by atoms with van der Waals surface area (Å²) in [7, 11) is 0. The minimum atomic E-state index is -0.565. The zero-order chi connectivity index (χ0) is 42.6. The summed E-state index contributed by atoms with van der Waals surface area (Å²) < 4.78 is 6.90. The van der Waals surface area contributed by atoms with Crippen LogP contribution < -0.4 is 4.90 Å². The zero-order valence-corrected chi connectivity index (χ0v) is 35.7. The topological polar surface area (TPSA) is 16.4 Å². The number of benzene rings is 10. The normalized spacial score (nSPS) is 14.0. The van der Waals surface area contributed by atoms with Crippen molar-refractivity contribution in [3.8, 4) is 33.4 Å². The van der Waals surface area contributed by atoms with Crippen LogP contribution >= 0.6 is 0 Å². The summed E-state index contributed by atoms with van der Waals surface area (Å²) in [5.41, 5.74) is 19.4. The number of hydrogen-bond donors (Lipinski definition) is 0. The molecule has 2 heteroatoms. The van der Waals surface area contributed by atoms with E-state index in [9.17, 15) is 0 Å². The van der Waals surface area contributed by atoms with Gasteiger partial charge in [-0.25, -0.2) is 0 Å². The van der Waals surface area contributed by atoms with E-state index in [4.69, 9.17) is 4.42 Å². The first kappa shape index (κ1) is 36.7. The van der Waals surface area contributed by atoms with Gasteiger partial charge in [-0.3, -0.25) is 0 Å². The predicted octanol–water partition coefficient (Wildman–Crippen LogP) is 16.5. The Morgan fingerprint density at radius 3 is 1.58 bits per heavy atom. The van der Waals surface area contributed by atoms with Crippen LogP contribution in [-0.2, 0) is 10.8 Å². The van der Waals surface area contributed by atoms with Crippen LogP contribution in [0.1, 0.15) is 47.2 Å². The van der Waals surface area contributed by atoms with E-state index in [0.717, 1.165) is 50.1 Å². The second kappa shape index (κ2) is 13.8. The van der Waals surface area contributed by atoms with Crippen LogP contribution in [0.3, 0.4) is 0 Å². The second-order valence-corrected chi connectivity index (χ2v) is 18.0. The highest BCUT2D eigenvalue weighted by molar-refractivity contribution is 6.25. The number of hydrogen-bond acceptors (Lipinski definition) is 2. The van der Waals surface area contributed by atoms with E-state index in [2.05, 4.69) is 243 Å². The number of furan rings is 1. The van der Waals surface area contributed by atoms with E-state index in [-0.39, 0.29) is 5.41 Å². The van der Waals surface area contributed by atoms with Gasteiger partial charge in [0, 0.05) is 27.7 Å². The molecule has 0 saturated heterocycles. The Labute approximate surface area is 373 Å². The fourth-order valence-corrected chi connectivity index (χ4v) is 11.5. The molecule has 0 amide bonds. The molecule has 2 nitrogen and oxygen atoms in total. The summed E-state index contributed by atoms with van der Waals surface area (Å²) in [6.45, 7) is 4.75. The van der Waals surface area contributed by atoms with Gasteiger partial charge in [-0.1, -0.05) is 196 Å². The number of nitrogens with zero attached hydrogens (tertiary/aromatic N) is 1. The standard InChI is InChI=1S/C62H43NO/c1-61(2)52-28-16-14-26-48(52)50-33-31-44(38-54(50)61)63(60-47(40-18-6-3-7-19-40)35-37-57-59(60)58-46-25-13-12-20-41(46)30-36-56(58)64-57)45-32-34-51-49-27-15-17-29-53(49)62(55(51)39-45,42-21-8-4-9-22-42)43-23-10-5-11-24-43/h3-39H,1-2H3. The molecular weight excluding hydrogens is 775 g/mol. The summed E-state index contributed by atoms with van der Waals surface area (Å²) in [5.74, 6) is 0. The molecule has 0 radical (unpaired) electrons. The van der Waals surface area contributed by atoms with E-state index in [1.807, 2.05) is 0 Å². The van der Waals surface area contributed by atoms with Crippen LogP contribution in [0.5, 0.6) is 0 Å². The molecule has 0 fully saturated rings. The third kappa shape index (κ3) is 5.08. The Kier molecular flexibility index (Phi) is 7.90. The van der Waals surface area contributed by atoms with Crippen molar-refractivity contribution in [2.45, 2.75) is 24.7 Å². The van der Waals surface area contributed by atoms with Crippen LogP contribution in [0, 0.1) is 0 Å². The third-order valence-electron chi connectivity index (χ3n) is 14.3. The smallest absolute Gasteiger partial charge is 0.137 e. The van der Waals surface area contributed by atoms with Gasteiger partial charge >= 0.3 is 0 Å². The summed E-state index contributed by atoms with van der Waals surface area (Å²) in [4.78, 5) is 2.55. The lowest BCUT2D eigenvalue weighted by Crippen LogP contribution is -2.28. The first-order valence-electron chi connectivity index (χ1n) is 22.3. The van der Waals surface area contributed by atoms with Crippen molar-refractivity contribution in [1.29, 1.82) is 0 Å². The maximum atomic E-state index is 6.90. The Bertz CT molecular complexity index is 3600. The molecule has 64 heavy (non-hydrogen) atoms. The van der Waals surface area contributed by atoms with Gasteiger partial charge in [-0.2, -0.15) is 0 Å². The molecule has 1 aromatic heterocycles. The van der Waals surface area contributed by atoms with Crippen molar-refractivity contribution in [2.75, 3.05) is 4.90 Å². The Morgan fingerprint density at radius 2 is 0.875 bits per heavy atom. The van der Waals surface area contributed by atoms with E-state index in [1.54, 1.807) is 0 Å². The van der Waals surface area contributed by atoms with Crippen molar-refractivity contribution in [2.24, 2.45) is 0 Å². The van der Waals surface area contributed by atoms with Crippen molar-refractivity contribution < 1.29 is 4.42 Å². The zero-order valence-electron chi connectivity index (χ0n) is 35.7. The highest BCUT2D eigenvalue weighted by Crippen LogP contribution is 2.59. The van der Waals surface area contributed by atoms with Crippen LogP contribution in [0.25, 0.3) is 66.1 Å². The molecule has 0 N–H and O–H groups in total. The highest BCUT2D eigenvalue weighted by Gasteiger charge is 2.46. The third-order valence-corrected chi connectivity index (χ3v) is 14.3. The van der Waals surface area contributed by atoms with Gasteiger partial charge in [0.25, 0.3) is 0 Å². The summed E-state index contributed by atoms with van der Waals surface area (Å²) in [6, 6.07) is 82.9. The molecule has 302 valence electrons. The van der Waals surface area contributed by atoms with Gasteiger partial charge < -0.3 is 9.32 Å². The lowest BCUT2D eigenvalue weighted by atomic mass is 9.67. The Balaban J connectivity index is 1.18. The average molecular weight is 818 g/mol. The van der Waals surface area contributed by atoms with Crippen LogP contribution in [0.4, 0.5) is 17.1 Å². The first-order chi connectivity index (χ1) is 31.5. The molecule has 0 spiro atoms. The maximum Gasteiger partial charge on any atom is 0.137 e. The SMILES string of the molecule is CC1(C)c2ccccc2-c2ccc(N(c3ccc4c(c3)C(c3ccccc3)(c3ccccc3)c3ccccc3-4)c3c(-c4ccccc4)ccc4oc5ccc6ccccc6c5c34)cc21. The summed E-state index contributed by atoms with van der Waals surface area (Å²) in [5, 5.41) is 4.57. The molecular formula is C62H43NO. The van der Waals surface area contributed by atoms with E-state index in [1.165, 1.54) is 66.4 Å². The molecule has 0 saturated carbocycles. The maximum absolute atomic E-state index is 6.90. The van der Waals surface area contributed by atoms with Crippen LogP contribution in [-0.4, -0.2) is 0 Å². The molecule has 0 atom stereocenters. The molecule has 2 aliphatic rings. The molecule has 2 aliphatic carbocycles. The van der Waals surface area contributed by atoms with Crippen molar-refractivity contribution in [1.82, 2.24) is 0 Å². The monoisotopic (exact) mass is 817 g/mol. The molecule has 10 aromatic carbocycles. The molecule has 0 aliphatic heterocycles. The van der Waals surface area contributed by atoms with Crippen LogP contribution in [0.2, 0.25) is 0 Å². The highest BCUT2D eigenvalue weighted by atomic mass is 16.3. The largest absolute Gasteiger partial charge is 0.456 e. The average Bonchev–Trinajstić information content (AvgIpc) is 3.96. The van der Waals surface area contributed by atoms with Gasteiger partial charge in [0.2, 0.25) is 0 Å². The molecule has 1 heterocycles. The quantitative estimate of drug-likeness (QED) is 0.166. The van der Waals surface area contributed by atoms with Gasteiger partial charge in [0.05, 0.1) is 16.5 Å². The van der Waals surface area contributed by atoms with Gasteiger partial charge in [-0.15, -0.1) is 0 Å². The van der Waals surface area contributed by atoms with E-state index >= 15 is 0 Å². The fourth-order valence-electron chi connectivity index (χ4n) is 11.5. The number of fused-ring (bicyclic) bond motifs is 11. The van der Waals surface area contributed by atoms with Crippen molar-refractivity contribution in [3.63, 3.8) is 0 Å². The minimum Gasteiger partial charge on any atom is -0.456 e. The Morgan fingerprint density at radius 1 is 0.375 bits per heavy atom. The van der Waals surface area contributed by atoms with E-state index < -0.39 is 5.41 Å². The summed E-state index contributed by atoms with van der Waals surface area (Å²) >= 11 is 0. The van der Waals surface area contributed by atoms with Gasteiger partial charge in [0.1, 0.15) is 11.2 Å². The lowest BCUT2D eigenvalue weighted by molar-refractivity contribution is 0.660. The molecule has 0 unspecified atom stereocenters. The van der Waals surface area contributed by atoms with E-state index in [0.29, 0.717) is 0 Å². The number of rotatable bonds is 6. The van der Waals surface area contributed by atoms with Crippen molar-refractivity contribution >= 4 is 49.8 Å². The summed E-state index contributed by atoms with van der Waals surface area (Å²) in [6.07, 6.45) is 0.